The van der Waals surface area contributed by atoms with Gasteiger partial charge in [0.1, 0.15) is 18.3 Å². The van der Waals surface area contributed by atoms with Crippen LogP contribution in [0.3, 0.4) is 0 Å². The van der Waals surface area contributed by atoms with Crippen molar-refractivity contribution in [3.63, 3.8) is 0 Å². The van der Waals surface area contributed by atoms with Crippen LogP contribution in [-0.2, 0) is 26.2 Å². The third-order valence-electron chi connectivity index (χ3n) is 5.82. The number of hydrogen-bond acceptors (Lipinski definition) is 5. The number of anilines is 1. The molecule has 12 heteroatoms. The lowest BCUT2D eigenvalue weighted by Crippen LogP contribution is -2.50. The van der Waals surface area contributed by atoms with Crippen LogP contribution in [0.15, 0.2) is 71.6 Å². The van der Waals surface area contributed by atoms with Crippen LogP contribution in [0.2, 0.25) is 15.1 Å². The average molecular weight is 599 g/mol. The lowest BCUT2D eigenvalue weighted by atomic mass is 10.1. The van der Waals surface area contributed by atoms with Crippen molar-refractivity contribution in [3.05, 3.63) is 87.4 Å². The number of carbonyl (C=O) groups excluding carboxylic acids is 2. The Morgan fingerprint density at radius 2 is 1.61 bits per heavy atom. The fourth-order valence-corrected chi connectivity index (χ4v) is 5.86. The minimum absolute atomic E-state index is 0.0464. The summed E-state index contributed by atoms with van der Waals surface area (Å²) in [5.41, 5.74) is 0.471. The minimum Gasteiger partial charge on any atom is -0.495 e. The van der Waals surface area contributed by atoms with Crippen molar-refractivity contribution < 1.29 is 22.7 Å². The third kappa shape index (κ3) is 6.53. The lowest BCUT2D eigenvalue weighted by molar-refractivity contribution is -0.139. The Hall–Kier alpha value is -2.98. The molecular weight excluding hydrogens is 573 g/mol. The number of hydrogen-bond donors (Lipinski definition) is 1. The zero-order chi connectivity index (χ0) is 28.0. The molecule has 1 atom stereocenters. The summed E-state index contributed by atoms with van der Waals surface area (Å²) in [7, 11) is -1.46. The molecule has 0 bridgehead atoms. The van der Waals surface area contributed by atoms with Gasteiger partial charge in [-0.15, -0.1) is 0 Å². The summed E-state index contributed by atoms with van der Waals surface area (Å²) in [5, 5.41) is 3.34. The van der Waals surface area contributed by atoms with Crippen LogP contribution in [-0.4, -0.2) is 51.9 Å². The second-order valence-electron chi connectivity index (χ2n) is 8.15. The second-order valence-corrected chi connectivity index (χ2v) is 11.3. The van der Waals surface area contributed by atoms with Crippen LogP contribution in [0.25, 0.3) is 0 Å². The first-order valence-electron chi connectivity index (χ1n) is 11.4. The quantitative estimate of drug-likeness (QED) is 0.354. The fraction of sp³-hybridized carbons (Fsp3) is 0.231. The van der Waals surface area contributed by atoms with E-state index in [0.29, 0.717) is 15.6 Å². The van der Waals surface area contributed by atoms with Crippen molar-refractivity contribution in [3.8, 4) is 5.75 Å². The van der Waals surface area contributed by atoms with Crippen molar-refractivity contribution in [2.75, 3.05) is 25.0 Å². The topological polar surface area (TPSA) is 96.0 Å². The minimum atomic E-state index is -4.28. The highest BCUT2D eigenvalue weighted by atomic mass is 35.5. The Kier molecular flexibility index (Phi) is 9.89. The standard InChI is InChI=1S/C26H26Cl3N3O5S/c1-17(26(34)30-2)31(15-20-21(28)10-7-11-22(20)29)25(33)16-32(23-14-18(27)12-13-24(23)37-3)38(35,36)19-8-5-4-6-9-19/h4-14,17H,15-16H2,1-3H3,(H,30,34)/t17-/m1/s1. The van der Waals surface area contributed by atoms with Crippen LogP contribution in [0, 0.1) is 0 Å². The van der Waals surface area contributed by atoms with Gasteiger partial charge in [0.05, 0.1) is 17.7 Å². The summed E-state index contributed by atoms with van der Waals surface area (Å²) in [5.74, 6) is -0.959. The van der Waals surface area contributed by atoms with E-state index in [4.69, 9.17) is 39.5 Å². The summed E-state index contributed by atoms with van der Waals surface area (Å²) in [6.45, 7) is 0.715. The van der Waals surface area contributed by atoms with Gasteiger partial charge in [-0.3, -0.25) is 13.9 Å². The van der Waals surface area contributed by atoms with E-state index in [0.717, 1.165) is 4.31 Å². The summed E-state index contributed by atoms with van der Waals surface area (Å²) < 4.78 is 34.0. The molecule has 0 radical (unpaired) electrons. The van der Waals surface area contributed by atoms with Crippen molar-refractivity contribution in [2.45, 2.75) is 24.4 Å². The number of nitrogens with one attached hydrogen (secondary N) is 1. The van der Waals surface area contributed by atoms with E-state index >= 15 is 0 Å². The Bertz CT molecular complexity index is 1400. The molecule has 38 heavy (non-hydrogen) atoms. The van der Waals surface area contributed by atoms with E-state index < -0.39 is 34.4 Å². The molecule has 0 unspecified atom stereocenters. The molecular formula is C26H26Cl3N3O5S. The van der Waals surface area contributed by atoms with Crippen molar-refractivity contribution in [1.82, 2.24) is 10.2 Å². The third-order valence-corrected chi connectivity index (χ3v) is 8.54. The summed E-state index contributed by atoms with van der Waals surface area (Å²) in [6.07, 6.45) is 0. The summed E-state index contributed by atoms with van der Waals surface area (Å²) >= 11 is 18.9. The molecule has 0 aliphatic carbocycles. The number of methoxy groups -OCH3 is 1. The molecule has 3 aromatic rings. The van der Waals surface area contributed by atoms with Crippen LogP contribution in [0.1, 0.15) is 12.5 Å². The zero-order valence-electron chi connectivity index (χ0n) is 20.8. The van der Waals surface area contributed by atoms with Gasteiger partial charge in [0.25, 0.3) is 10.0 Å². The van der Waals surface area contributed by atoms with E-state index in [2.05, 4.69) is 5.32 Å². The van der Waals surface area contributed by atoms with Gasteiger partial charge in [-0.05, 0) is 49.4 Å². The maximum atomic E-state index is 13.9. The first kappa shape index (κ1) is 29.6. The number of likely N-dealkylation sites (N-methyl/N-ethyl adjacent to an activating group) is 1. The second kappa shape index (κ2) is 12.7. The van der Waals surface area contributed by atoms with Gasteiger partial charge >= 0.3 is 0 Å². The van der Waals surface area contributed by atoms with Crippen LogP contribution in [0.4, 0.5) is 5.69 Å². The van der Waals surface area contributed by atoms with Gasteiger partial charge in [-0.2, -0.15) is 0 Å². The van der Waals surface area contributed by atoms with E-state index in [1.165, 1.54) is 50.2 Å². The molecule has 202 valence electrons. The van der Waals surface area contributed by atoms with Gasteiger partial charge in [-0.1, -0.05) is 59.1 Å². The molecule has 0 aliphatic rings. The molecule has 0 aromatic heterocycles. The van der Waals surface area contributed by atoms with Crippen molar-refractivity contribution in [1.29, 1.82) is 0 Å². The number of halogens is 3. The largest absolute Gasteiger partial charge is 0.495 e. The highest BCUT2D eigenvalue weighted by molar-refractivity contribution is 7.92. The monoisotopic (exact) mass is 597 g/mol. The summed E-state index contributed by atoms with van der Waals surface area (Å²) in [6, 6.07) is 16.0. The average Bonchev–Trinajstić information content (AvgIpc) is 2.91. The Morgan fingerprint density at radius 3 is 2.18 bits per heavy atom. The molecule has 0 fully saturated rings. The number of carbonyl (C=O) groups is 2. The number of benzene rings is 3. The highest BCUT2D eigenvalue weighted by Gasteiger charge is 2.34. The molecule has 3 aromatic carbocycles. The lowest BCUT2D eigenvalue weighted by Gasteiger charge is -2.32. The number of ether oxygens (including phenoxy) is 1. The molecule has 0 heterocycles. The number of amides is 2. The first-order chi connectivity index (χ1) is 18.0. The first-order valence-corrected chi connectivity index (χ1v) is 13.9. The molecule has 0 aliphatic heterocycles. The molecule has 8 nitrogen and oxygen atoms in total. The van der Waals surface area contributed by atoms with Gasteiger partial charge in [0, 0.05) is 34.2 Å². The molecule has 1 N–H and O–H groups in total. The van der Waals surface area contributed by atoms with Gasteiger partial charge in [0.2, 0.25) is 11.8 Å². The predicted octanol–water partition coefficient (Wildman–Crippen LogP) is 5.01. The zero-order valence-corrected chi connectivity index (χ0v) is 23.9. The normalized spacial score (nSPS) is 11.9. The molecule has 3 rings (SSSR count). The molecule has 0 saturated carbocycles. The maximum Gasteiger partial charge on any atom is 0.264 e. The Labute approximate surface area is 237 Å². The van der Waals surface area contributed by atoms with Crippen LogP contribution < -0.4 is 14.4 Å². The smallest absolute Gasteiger partial charge is 0.264 e. The number of sulfonamides is 1. The molecule has 2 amide bonds. The van der Waals surface area contributed by atoms with Crippen LogP contribution in [0.5, 0.6) is 5.75 Å². The number of rotatable bonds is 10. The number of nitrogens with zero attached hydrogens (tertiary/aromatic N) is 2. The van der Waals surface area contributed by atoms with E-state index in [1.807, 2.05) is 0 Å². The SMILES string of the molecule is CNC(=O)[C@@H](C)N(Cc1c(Cl)cccc1Cl)C(=O)CN(c1cc(Cl)ccc1OC)S(=O)(=O)c1ccccc1. The van der Waals surface area contributed by atoms with E-state index in [1.54, 1.807) is 42.5 Å². The Morgan fingerprint density at radius 1 is 0.974 bits per heavy atom. The summed E-state index contributed by atoms with van der Waals surface area (Å²) in [4.78, 5) is 27.6. The van der Waals surface area contributed by atoms with Crippen molar-refractivity contribution >= 4 is 62.3 Å². The molecule has 0 spiro atoms. The van der Waals surface area contributed by atoms with Gasteiger partial charge in [-0.25, -0.2) is 8.42 Å². The predicted molar refractivity (Wildman–Crippen MR) is 150 cm³/mol. The molecule has 0 saturated heterocycles. The van der Waals surface area contributed by atoms with Crippen molar-refractivity contribution in [2.24, 2.45) is 0 Å². The van der Waals surface area contributed by atoms with Crippen LogP contribution >= 0.6 is 34.8 Å². The highest BCUT2D eigenvalue weighted by Crippen LogP contribution is 2.35. The van der Waals surface area contributed by atoms with Gasteiger partial charge in [0.15, 0.2) is 0 Å². The van der Waals surface area contributed by atoms with E-state index in [9.17, 15) is 18.0 Å². The fourth-order valence-electron chi connectivity index (χ4n) is 3.74. The Balaban J connectivity index is 2.13. The maximum absolute atomic E-state index is 13.9. The van der Waals surface area contributed by atoms with E-state index in [-0.39, 0.29) is 27.9 Å². The van der Waals surface area contributed by atoms with Gasteiger partial charge < -0.3 is 15.0 Å².